The van der Waals surface area contributed by atoms with Crippen LogP contribution in [0.3, 0.4) is 0 Å². The first-order valence-corrected chi connectivity index (χ1v) is 8.34. The van der Waals surface area contributed by atoms with Gasteiger partial charge < -0.3 is 10.2 Å². The van der Waals surface area contributed by atoms with Crippen LogP contribution in [-0.4, -0.2) is 30.6 Å². The molecule has 0 radical (unpaired) electrons. The quantitative estimate of drug-likeness (QED) is 0.856. The highest BCUT2D eigenvalue weighted by molar-refractivity contribution is 6.30. The molecule has 0 bridgehead atoms. The Hall–Kier alpha value is -0.570. The van der Waals surface area contributed by atoms with Crippen LogP contribution >= 0.6 is 11.6 Å². The van der Waals surface area contributed by atoms with Crippen molar-refractivity contribution in [2.75, 3.05) is 19.6 Å². The van der Waals surface area contributed by atoms with E-state index >= 15 is 0 Å². The minimum absolute atomic E-state index is 0.505. The Bertz CT molecular complexity index is 421. The molecule has 1 aliphatic heterocycles. The summed E-state index contributed by atoms with van der Waals surface area (Å²) in [6.07, 6.45) is 5.46. The van der Waals surface area contributed by atoms with E-state index in [-0.39, 0.29) is 0 Å². The molecule has 1 heterocycles. The summed E-state index contributed by atoms with van der Waals surface area (Å²) in [7, 11) is 0. The number of hydrogen-bond acceptors (Lipinski definition) is 2. The molecule has 1 saturated carbocycles. The van der Waals surface area contributed by atoms with Gasteiger partial charge in [0.15, 0.2) is 0 Å². The topological polar surface area (TPSA) is 15.3 Å². The zero-order valence-corrected chi connectivity index (χ0v) is 13.1. The van der Waals surface area contributed by atoms with Crippen LogP contribution in [0.4, 0.5) is 0 Å². The number of rotatable bonds is 6. The van der Waals surface area contributed by atoms with E-state index in [1.165, 1.54) is 50.9 Å². The van der Waals surface area contributed by atoms with Crippen LogP contribution in [0.25, 0.3) is 0 Å². The summed E-state index contributed by atoms with van der Waals surface area (Å²) in [5.74, 6) is 0.817. The third-order valence-electron chi connectivity index (χ3n) is 4.52. The van der Waals surface area contributed by atoms with Gasteiger partial charge in [0, 0.05) is 23.7 Å². The van der Waals surface area contributed by atoms with Crippen molar-refractivity contribution in [3.8, 4) is 0 Å². The first-order valence-electron chi connectivity index (χ1n) is 7.96. The van der Waals surface area contributed by atoms with Crippen molar-refractivity contribution in [3.63, 3.8) is 0 Å². The molecule has 2 aliphatic rings. The zero-order valence-electron chi connectivity index (χ0n) is 12.3. The molecular formula is C17H25ClN2. The molecule has 110 valence electrons. The lowest BCUT2D eigenvalue weighted by Crippen LogP contribution is -2.40. The molecule has 1 aliphatic carbocycles. The smallest absolute Gasteiger partial charge is 0.0406 e. The molecule has 20 heavy (non-hydrogen) atoms. The molecule has 2 fully saturated rings. The summed E-state index contributed by atoms with van der Waals surface area (Å²) in [5.41, 5.74) is 1.39. The molecule has 2 unspecified atom stereocenters. The second-order valence-electron chi connectivity index (χ2n) is 6.44. The van der Waals surface area contributed by atoms with E-state index < -0.39 is 0 Å². The fraction of sp³-hybridized carbons (Fsp3) is 0.647. The van der Waals surface area contributed by atoms with Crippen LogP contribution in [0.2, 0.25) is 5.02 Å². The summed E-state index contributed by atoms with van der Waals surface area (Å²) in [6.45, 7) is 6.06. The van der Waals surface area contributed by atoms with Gasteiger partial charge in [-0.05, 0) is 69.3 Å². The first-order chi connectivity index (χ1) is 9.72. The monoisotopic (exact) mass is 292 g/mol. The summed E-state index contributed by atoms with van der Waals surface area (Å²) < 4.78 is 0. The van der Waals surface area contributed by atoms with Gasteiger partial charge in [-0.3, -0.25) is 0 Å². The maximum Gasteiger partial charge on any atom is 0.0406 e. The van der Waals surface area contributed by atoms with Crippen LogP contribution in [0, 0.1) is 5.92 Å². The molecule has 0 spiro atoms. The van der Waals surface area contributed by atoms with Gasteiger partial charge in [0.2, 0.25) is 0 Å². The lowest BCUT2D eigenvalue weighted by molar-refractivity contribution is 0.280. The van der Waals surface area contributed by atoms with Crippen LogP contribution < -0.4 is 5.32 Å². The summed E-state index contributed by atoms with van der Waals surface area (Å²) in [5, 5.41) is 4.68. The van der Waals surface area contributed by atoms with Crippen molar-refractivity contribution in [1.29, 1.82) is 0 Å². The van der Waals surface area contributed by atoms with Gasteiger partial charge in [-0.2, -0.15) is 0 Å². The van der Waals surface area contributed by atoms with E-state index in [2.05, 4.69) is 29.3 Å². The fourth-order valence-electron chi connectivity index (χ4n) is 3.32. The van der Waals surface area contributed by atoms with Crippen molar-refractivity contribution in [2.24, 2.45) is 5.92 Å². The summed E-state index contributed by atoms with van der Waals surface area (Å²) >= 11 is 6.00. The Kier molecular flexibility index (Phi) is 4.65. The highest BCUT2D eigenvalue weighted by Gasteiger charge is 2.33. The molecule has 3 heteroatoms. The Morgan fingerprint density at radius 1 is 1.20 bits per heavy atom. The summed E-state index contributed by atoms with van der Waals surface area (Å²) in [4.78, 5) is 2.59. The SMILES string of the molecule is CC(CN1CCCC1)NC(c1ccc(Cl)cc1)C1CC1. The van der Waals surface area contributed by atoms with Crippen molar-refractivity contribution in [2.45, 2.75) is 44.7 Å². The Balaban J connectivity index is 1.60. The molecule has 0 aromatic heterocycles. The predicted octanol–water partition coefficient (Wildman–Crippen LogP) is 3.87. The number of benzene rings is 1. The normalized spacial score (nSPS) is 22.9. The van der Waals surface area contributed by atoms with Crippen molar-refractivity contribution >= 4 is 11.6 Å². The van der Waals surface area contributed by atoms with Crippen LogP contribution in [-0.2, 0) is 0 Å². The standard InChI is InChI=1S/C17H25ClN2/c1-13(12-20-10-2-3-11-20)19-17(14-4-5-14)15-6-8-16(18)9-7-15/h6-9,13-14,17,19H,2-5,10-12H2,1H3. The van der Waals surface area contributed by atoms with E-state index in [9.17, 15) is 0 Å². The van der Waals surface area contributed by atoms with Crippen molar-refractivity contribution < 1.29 is 0 Å². The number of halogens is 1. The highest BCUT2D eigenvalue weighted by Crippen LogP contribution is 2.41. The minimum atomic E-state index is 0.505. The molecule has 1 saturated heterocycles. The molecule has 3 rings (SSSR count). The maximum absolute atomic E-state index is 6.00. The number of nitrogens with zero attached hydrogens (tertiary/aromatic N) is 1. The molecular weight excluding hydrogens is 268 g/mol. The fourth-order valence-corrected chi connectivity index (χ4v) is 3.44. The molecule has 1 aromatic carbocycles. The first kappa shape index (κ1) is 14.4. The highest BCUT2D eigenvalue weighted by atomic mass is 35.5. The maximum atomic E-state index is 6.00. The minimum Gasteiger partial charge on any atom is -0.306 e. The van der Waals surface area contributed by atoms with Gasteiger partial charge in [0.05, 0.1) is 0 Å². The number of nitrogens with one attached hydrogen (secondary N) is 1. The van der Waals surface area contributed by atoms with Gasteiger partial charge in [-0.1, -0.05) is 23.7 Å². The Labute approximate surface area is 127 Å². The third kappa shape index (κ3) is 3.75. The van der Waals surface area contributed by atoms with Crippen LogP contribution in [0.5, 0.6) is 0 Å². The van der Waals surface area contributed by atoms with E-state index in [0.717, 1.165) is 10.9 Å². The van der Waals surface area contributed by atoms with Gasteiger partial charge >= 0.3 is 0 Å². The van der Waals surface area contributed by atoms with Crippen molar-refractivity contribution in [3.05, 3.63) is 34.9 Å². The largest absolute Gasteiger partial charge is 0.306 e. The van der Waals surface area contributed by atoms with Gasteiger partial charge in [0.1, 0.15) is 0 Å². The molecule has 0 amide bonds. The second kappa shape index (κ2) is 6.46. The van der Waals surface area contributed by atoms with E-state index in [4.69, 9.17) is 11.6 Å². The van der Waals surface area contributed by atoms with Gasteiger partial charge in [0.25, 0.3) is 0 Å². The molecule has 1 N–H and O–H groups in total. The van der Waals surface area contributed by atoms with Crippen LogP contribution in [0.15, 0.2) is 24.3 Å². The zero-order chi connectivity index (χ0) is 13.9. The van der Waals surface area contributed by atoms with Crippen molar-refractivity contribution in [1.82, 2.24) is 10.2 Å². The lowest BCUT2D eigenvalue weighted by atomic mass is 10.0. The number of likely N-dealkylation sites (tertiary alicyclic amines) is 1. The summed E-state index contributed by atoms with van der Waals surface area (Å²) in [6, 6.07) is 9.44. The average Bonchev–Trinajstić information content (AvgIpc) is 3.16. The van der Waals surface area contributed by atoms with E-state index in [1.807, 2.05) is 12.1 Å². The molecule has 1 aromatic rings. The molecule has 2 atom stereocenters. The van der Waals surface area contributed by atoms with Crippen LogP contribution in [0.1, 0.15) is 44.2 Å². The lowest BCUT2D eigenvalue weighted by Gasteiger charge is -2.27. The van der Waals surface area contributed by atoms with Gasteiger partial charge in [-0.25, -0.2) is 0 Å². The Morgan fingerprint density at radius 3 is 2.45 bits per heavy atom. The number of hydrogen-bond donors (Lipinski definition) is 1. The third-order valence-corrected chi connectivity index (χ3v) is 4.77. The Morgan fingerprint density at radius 2 is 1.85 bits per heavy atom. The second-order valence-corrected chi connectivity index (χ2v) is 6.88. The average molecular weight is 293 g/mol. The van der Waals surface area contributed by atoms with E-state index in [1.54, 1.807) is 0 Å². The predicted molar refractivity (Wildman–Crippen MR) is 85.2 cm³/mol. The van der Waals surface area contributed by atoms with E-state index in [0.29, 0.717) is 12.1 Å². The van der Waals surface area contributed by atoms with Gasteiger partial charge in [-0.15, -0.1) is 0 Å². The molecule has 2 nitrogen and oxygen atoms in total.